The van der Waals surface area contributed by atoms with Gasteiger partial charge >= 0.3 is 6.03 Å². The number of hydrazine groups is 1. The maximum Gasteiger partial charge on any atom is 0.332 e. The first-order chi connectivity index (χ1) is 21.8. The van der Waals surface area contributed by atoms with Gasteiger partial charge in [0, 0.05) is 26.1 Å². The molecule has 4 aromatic carbocycles. The van der Waals surface area contributed by atoms with Crippen LogP contribution in [0.2, 0.25) is 10.0 Å². The lowest BCUT2D eigenvalue weighted by Crippen LogP contribution is -2.66. The van der Waals surface area contributed by atoms with E-state index in [9.17, 15) is 14.4 Å². The molecule has 2 aliphatic rings. The molecule has 1 N–H and O–H groups in total. The molecule has 2 aliphatic heterocycles. The highest BCUT2D eigenvalue weighted by atomic mass is 35.5. The minimum absolute atomic E-state index is 0.00549. The van der Waals surface area contributed by atoms with Crippen LogP contribution in [0, 0.1) is 0 Å². The van der Waals surface area contributed by atoms with Gasteiger partial charge in [-0.05, 0) is 46.0 Å². The molecule has 2 atom stereocenters. The average Bonchev–Trinajstić information content (AvgIpc) is 3.37. The monoisotopic (exact) mass is 643 g/mol. The Balaban J connectivity index is 1.30. The first kappa shape index (κ1) is 30.9. The minimum Gasteiger partial charge on any atom is -0.333 e. The Morgan fingerprint density at radius 3 is 2.44 bits per heavy atom. The molecular weight excluding hydrogens is 609 g/mol. The van der Waals surface area contributed by atoms with Gasteiger partial charge in [0.2, 0.25) is 11.8 Å². The number of amides is 4. The molecular formula is C35H35Cl2N5O3. The van der Waals surface area contributed by atoms with Gasteiger partial charge in [0.1, 0.15) is 12.2 Å². The van der Waals surface area contributed by atoms with Crippen molar-refractivity contribution >= 4 is 51.8 Å². The molecule has 0 bridgehead atoms. The molecule has 0 unspecified atom stereocenters. The van der Waals surface area contributed by atoms with Crippen LogP contribution >= 0.6 is 23.2 Å². The molecule has 6 rings (SSSR count). The van der Waals surface area contributed by atoms with Crippen molar-refractivity contribution in [3.05, 3.63) is 118 Å². The molecule has 232 valence electrons. The Labute approximate surface area is 273 Å². The number of hydrogen-bond acceptors (Lipinski definition) is 4. The number of nitrogens with one attached hydrogen (secondary N) is 1. The summed E-state index contributed by atoms with van der Waals surface area (Å²) in [5, 5.41) is 9.48. The molecule has 8 nitrogen and oxygen atoms in total. The molecule has 4 aromatic rings. The van der Waals surface area contributed by atoms with Crippen molar-refractivity contribution in [2.45, 2.75) is 45.1 Å². The van der Waals surface area contributed by atoms with Crippen LogP contribution in [-0.4, -0.2) is 69.5 Å². The van der Waals surface area contributed by atoms with E-state index in [1.54, 1.807) is 22.0 Å². The highest BCUT2D eigenvalue weighted by Gasteiger charge is 2.52. The molecule has 4 amide bonds. The second kappa shape index (κ2) is 13.5. The topological polar surface area (TPSA) is 76.2 Å². The largest absolute Gasteiger partial charge is 0.333 e. The van der Waals surface area contributed by atoms with Crippen molar-refractivity contribution in [1.29, 1.82) is 0 Å². The van der Waals surface area contributed by atoms with E-state index in [1.165, 1.54) is 0 Å². The number of urea groups is 1. The Morgan fingerprint density at radius 1 is 0.911 bits per heavy atom. The van der Waals surface area contributed by atoms with Gasteiger partial charge in [-0.3, -0.25) is 14.6 Å². The number of fused-ring (bicyclic) bond motifs is 2. The second-order valence-electron chi connectivity index (χ2n) is 11.5. The minimum atomic E-state index is -0.693. The molecule has 2 saturated heterocycles. The van der Waals surface area contributed by atoms with Gasteiger partial charge in [0.25, 0.3) is 0 Å². The van der Waals surface area contributed by atoms with Gasteiger partial charge in [0.15, 0.2) is 0 Å². The van der Waals surface area contributed by atoms with E-state index in [1.807, 2.05) is 77.5 Å². The van der Waals surface area contributed by atoms with Crippen LogP contribution in [0.3, 0.4) is 0 Å². The summed E-state index contributed by atoms with van der Waals surface area (Å²) in [5.41, 5.74) is 2.81. The number of piperazine rings is 1. The first-order valence-electron chi connectivity index (χ1n) is 15.2. The van der Waals surface area contributed by atoms with Crippen LogP contribution in [0.4, 0.5) is 4.79 Å². The molecule has 0 aliphatic carbocycles. The van der Waals surface area contributed by atoms with Gasteiger partial charge < -0.3 is 15.1 Å². The van der Waals surface area contributed by atoms with Crippen molar-refractivity contribution in [1.82, 2.24) is 25.1 Å². The zero-order valence-corrected chi connectivity index (χ0v) is 26.5. The number of halogens is 2. The van der Waals surface area contributed by atoms with Gasteiger partial charge in [-0.1, -0.05) is 109 Å². The zero-order chi connectivity index (χ0) is 31.5. The number of rotatable bonds is 9. The molecule has 45 heavy (non-hydrogen) atoms. The summed E-state index contributed by atoms with van der Waals surface area (Å²) >= 11 is 12.3. The van der Waals surface area contributed by atoms with E-state index < -0.39 is 12.2 Å². The third-order valence-electron chi connectivity index (χ3n) is 8.49. The molecule has 10 heteroatoms. The Morgan fingerprint density at radius 2 is 1.67 bits per heavy atom. The van der Waals surface area contributed by atoms with Crippen molar-refractivity contribution < 1.29 is 14.4 Å². The predicted octanol–water partition coefficient (Wildman–Crippen LogP) is 6.11. The van der Waals surface area contributed by atoms with E-state index >= 15 is 0 Å². The number of carbonyl (C=O) groups excluding carboxylic acids is 3. The van der Waals surface area contributed by atoms with Crippen molar-refractivity contribution in [2.75, 3.05) is 19.6 Å². The predicted molar refractivity (Wildman–Crippen MR) is 176 cm³/mol. The average molecular weight is 645 g/mol. The summed E-state index contributed by atoms with van der Waals surface area (Å²) in [4.78, 5) is 45.2. The smallest absolute Gasteiger partial charge is 0.332 e. The lowest BCUT2D eigenvalue weighted by molar-refractivity contribution is -0.157. The van der Waals surface area contributed by atoms with E-state index in [2.05, 4.69) is 23.5 Å². The number of carbonyl (C=O) groups is 3. The normalized spacial score (nSPS) is 18.4. The standard InChI is InChI=1S/C35H35Cl2N5O3/c1-2-17-40(35(45)38-20-25-15-16-29(36)30(37)18-25)41-23-33(43)42-31(19-24-9-4-3-5-10-24)34(44)39(22-32(41)42)21-27-13-8-12-26-11-6-7-14-28(26)27/h3-16,18,31-32H,2,17,19-23H2,1H3,(H,38,45)/t31-,32+/m0/s1. The summed E-state index contributed by atoms with van der Waals surface area (Å²) in [6, 6.07) is 28.2. The van der Waals surface area contributed by atoms with Gasteiger partial charge in [-0.2, -0.15) is 5.01 Å². The number of benzene rings is 4. The van der Waals surface area contributed by atoms with Crippen LogP contribution in [0.25, 0.3) is 10.8 Å². The Kier molecular flexibility index (Phi) is 9.26. The van der Waals surface area contributed by atoms with Gasteiger partial charge in [-0.25, -0.2) is 4.79 Å². The summed E-state index contributed by atoms with van der Waals surface area (Å²) in [7, 11) is 0. The third kappa shape index (κ3) is 6.50. The van der Waals surface area contributed by atoms with E-state index in [4.69, 9.17) is 23.2 Å². The van der Waals surface area contributed by atoms with Gasteiger partial charge in [0.05, 0.1) is 23.1 Å². The lowest BCUT2D eigenvalue weighted by Gasteiger charge is -2.46. The Bertz CT molecular complexity index is 1710. The van der Waals surface area contributed by atoms with Crippen molar-refractivity contribution in [3.63, 3.8) is 0 Å². The van der Waals surface area contributed by atoms with Crippen molar-refractivity contribution in [3.8, 4) is 0 Å². The third-order valence-corrected chi connectivity index (χ3v) is 9.23. The van der Waals surface area contributed by atoms with Crippen LogP contribution in [0.15, 0.2) is 91.0 Å². The van der Waals surface area contributed by atoms with Crippen LogP contribution in [0.1, 0.15) is 30.0 Å². The Hall–Kier alpha value is -4.11. The fourth-order valence-electron chi connectivity index (χ4n) is 6.34. The summed E-state index contributed by atoms with van der Waals surface area (Å²) < 4.78 is 0. The quantitative estimate of drug-likeness (QED) is 0.239. The zero-order valence-electron chi connectivity index (χ0n) is 25.0. The highest BCUT2D eigenvalue weighted by Crippen LogP contribution is 2.31. The van der Waals surface area contributed by atoms with E-state index in [-0.39, 0.29) is 37.5 Å². The molecule has 0 saturated carbocycles. The lowest BCUT2D eigenvalue weighted by atomic mass is 9.99. The fraction of sp³-hybridized carbons (Fsp3) is 0.286. The summed E-state index contributed by atoms with van der Waals surface area (Å²) in [6.45, 7) is 3.32. The van der Waals surface area contributed by atoms with Crippen molar-refractivity contribution in [2.24, 2.45) is 0 Å². The molecule has 0 aromatic heterocycles. The maximum absolute atomic E-state index is 14.2. The summed E-state index contributed by atoms with van der Waals surface area (Å²) in [6.07, 6.45) is 0.573. The van der Waals surface area contributed by atoms with Crippen LogP contribution in [0.5, 0.6) is 0 Å². The van der Waals surface area contributed by atoms with Gasteiger partial charge in [-0.15, -0.1) is 0 Å². The maximum atomic E-state index is 14.2. The number of hydrogen-bond donors (Lipinski definition) is 1. The molecule has 0 radical (unpaired) electrons. The molecule has 0 spiro atoms. The SMILES string of the molecule is CCCN(C(=O)NCc1ccc(Cl)c(Cl)c1)N1CC(=O)N2[C@@H](Cc3ccccc3)C(=O)N(Cc3cccc4ccccc34)C[C@@H]21. The molecule has 2 fully saturated rings. The second-order valence-corrected chi connectivity index (χ2v) is 12.3. The first-order valence-corrected chi connectivity index (χ1v) is 16.0. The number of nitrogens with zero attached hydrogens (tertiary/aromatic N) is 4. The fourth-order valence-corrected chi connectivity index (χ4v) is 6.66. The van der Waals surface area contributed by atoms with Crippen LogP contribution in [-0.2, 0) is 29.1 Å². The summed E-state index contributed by atoms with van der Waals surface area (Å²) in [5.74, 6) is -0.262. The van der Waals surface area contributed by atoms with Crippen LogP contribution < -0.4 is 5.32 Å². The highest BCUT2D eigenvalue weighted by molar-refractivity contribution is 6.42. The van der Waals surface area contributed by atoms with E-state index in [0.717, 1.165) is 27.5 Å². The molecule has 2 heterocycles. The van der Waals surface area contributed by atoms with E-state index in [0.29, 0.717) is 36.0 Å².